The fourth-order valence-corrected chi connectivity index (χ4v) is 4.52. The van der Waals surface area contributed by atoms with Gasteiger partial charge in [0.2, 0.25) is 0 Å². The lowest BCUT2D eigenvalue weighted by molar-refractivity contribution is 0.0497. The third-order valence-corrected chi connectivity index (χ3v) is 6.28. The molecular weight excluding hydrogens is 403 g/mol. The summed E-state index contributed by atoms with van der Waals surface area (Å²) in [7, 11) is 0. The van der Waals surface area contributed by atoms with E-state index in [4.69, 9.17) is 9.47 Å². The molecule has 0 aliphatic heterocycles. The number of carbonyl (C=O) groups excluding carboxylic acids is 1. The van der Waals surface area contributed by atoms with E-state index in [0.717, 1.165) is 49.7 Å². The molecule has 0 N–H and O–H groups in total. The smallest absolute Gasteiger partial charge is 0.338 e. The van der Waals surface area contributed by atoms with Gasteiger partial charge in [-0.05, 0) is 86.8 Å². The van der Waals surface area contributed by atoms with Crippen LogP contribution in [-0.2, 0) is 4.74 Å². The molecular formula is C28H39FO3. The molecule has 0 amide bonds. The fourth-order valence-electron chi connectivity index (χ4n) is 4.52. The number of hydrogen-bond donors (Lipinski definition) is 0. The van der Waals surface area contributed by atoms with Crippen LogP contribution in [0.2, 0.25) is 0 Å². The Morgan fingerprint density at radius 3 is 2.56 bits per heavy atom. The number of allylic oxidation sites excluding steroid dienone is 4. The molecule has 1 aromatic rings. The summed E-state index contributed by atoms with van der Waals surface area (Å²) in [5, 5.41) is 0. The van der Waals surface area contributed by atoms with E-state index < -0.39 is 5.97 Å². The lowest BCUT2D eigenvalue weighted by Gasteiger charge is -2.36. The minimum Gasteiger partial charge on any atom is -0.493 e. The second-order valence-electron chi connectivity index (χ2n) is 9.30. The van der Waals surface area contributed by atoms with E-state index >= 15 is 4.39 Å². The van der Waals surface area contributed by atoms with E-state index in [0.29, 0.717) is 35.7 Å². The average Bonchev–Trinajstić information content (AvgIpc) is 2.75. The molecule has 176 valence electrons. The van der Waals surface area contributed by atoms with Crippen molar-refractivity contribution in [2.75, 3.05) is 13.2 Å². The van der Waals surface area contributed by atoms with E-state index in [9.17, 15) is 4.79 Å². The second-order valence-corrected chi connectivity index (χ2v) is 9.30. The second kappa shape index (κ2) is 11.5. The van der Waals surface area contributed by atoms with E-state index in [2.05, 4.69) is 34.3 Å². The van der Waals surface area contributed by atoms with Crippen LogP contribution < -0.4 is 4.74 Å². The van der Waals surface area contributed by atoms with Gasteiger partial charge >= 0.3 is 5.97 Å². The quantitative estimate of drug-likeness (QED) is 0.208. The van der Waals surface area contributed by atoms with Gasteiger partial charge in [-0.1, -0.05) is 45.8 Å². The molecule has 3 nitrogen and oxygen atoms in total. The molecule has 32 heavy (non-hydrogen) atoms. The van der Waals surface area contributed by atoms with Crippen molar-refractivity contribution in [3.8, 4) is 5.75 Å². The Kier molecular flexibility index (Phi) is 9.30. The summed E-state index contributed by atoms with van der Waals surface area (Å²) in [6.07, 6.45) is 6.14. The molecule has 0 saturated heterocycles. The molecule has 1 aliphatic rings. The highest BCUT2D eigenvalue weighted by Crippen LogP contribution is 2.46. The van der Waals surface area contributed by atoms with Gasteiger partial charge in [-0.25, -0.2) is 9.18 Å². The number of esters is 1. The Balaban J connectivity index is 2.37. The van der Waals surface area contributed by atoms with Crippen LogP contribution in [0.5, 0.6) is 5.75 Å². The monoisotopic (exact) mass is 442 g/mol. The van der Waals surface area contributed by atoms with Crippen molar-refractivity contribution in [1.29, 1.82) is 0 Å². The van der Waals surface area contributed by atoms with E-state index in [1.54, 1.807) is 25.1 Å². The number of benzene rings is 1. The maximum atomic E-state index is 15.7. The molecule has 0 aromatic heterocycles. The van der Waals surface area contributed by atoms with E-state index in [1.165, 1.54) is 5.57 Å². The fraction of sp³-hybridized carbons (Fsp3) is 0.536. The molecule has 0 spiro atoms. The van der Waals surface area contributed by atoms with Gasteiger partial charge in [0, 0.05) is 0 Å². The van der Waals surface area contributed by atoms with Gasteiger partial charge in [0.05, 0.1) is 24.3 Å². The third kappa shape index (κ3) is 6.11. The summed E-state index contributed by atoms with van der Waals surface area (Å²) in [6, 6.07) is 4.78. The Morgan fingerprint density at radius 1 is 1.22 bits per heavy atom. The summed E-state index contributed by atoms with van der Waals surface area (Å²) in [6.45, 7) is 17.3. The average molecular weight is 443 g/mol. The summed E-state index contributed by atoms with van der Waals surface area (Å²) in [4.78, 5) is 12.4. The standard InChI is InChI=1S/C28H39FO3/c1-8-10-11-17-32-27(30)22-14-15-23(24(18-22)31-9-2)26(29)21(5)20(4)25-19(3)13-12-16-28(25,6)7/h14-15,18H,4,8-13,16-17H2,1-3,5-7H3. The highest BCUT2D eigenvalue weighted by molar-refractivity contribution is 5.91. The van der Waals surface area contributed by atoms with Gasteiger partial charge in [0.15, 0.2) is 0 Å². The lowest BCUT2D eigenvalue weighted by atomic mass is 9.69. The predicted molar refractivity (Wildman–Crippen MR) is 131 cm³/mol. The van der Waals surface area contributed by atoms with Crippen LogP contribution in [0.1, 0.15) is 96.0 Å². The number of carbonyl (C=O) groups is 1. The first-order chi connectivity index (χ1) is 15.1. The molecule has 0 heterocycles. The maximum absolute atomic E-state index is 15.7. The zero-order valence-electron chi connectivity index (χ0n) is 20.7. The van der Waals surface area contributed by atoms with Crippen molar-refractivity contribution in [3.05, 3.63) is 58.2 Å². The van der Waals surface area contributed by atoms with Gasteiger partial charge < -0.3 is 9.47 Å². The first-order valence-electron chi connectivity index (χ1n) is 11.8. The van der Waals surface area contributed by atoms with Gasteiger partial charge in [0.1, 0.15) is 11.6 Å². The van der Waals surface area contributed by atoms with Gasteiger partial charge in [-0.3, -0.25) is 0 Å². The molecule has 0 fully saturated rings. The number of hydrogen-bond acceptors (Lipinski definition) is 3. The molecule has 1 aromatic carbocycles. The minimum absolute atomic E-state index is 0.0326. The molecule has 0 bridgehead atoms. The van der Waals surface area contributed by atoms with Gasteiger partial charge in [-0.2, -0.15) is 0 Å². The van der Waals surface area contributed by atoms with Crippen LogP contribution in [0.4, 0.5) is 4.39 Å². The highest BCUT2D eigenvalue weighted by atomic mass is 19.1. The van der Waals surface area contributed by atoms with E-state index in [1.807, 2.05) is 6.92 Å². The topological polar surface area (TPSA) is 35.5 Å². The molecule has 0 saturated carbocycles. The SMILES string of the molecule is C=C(C(C)=C(F)c1ccc(C(=O)OCCCCC)cc1OCC)C1=C(C)CCCC1(C)C. The number of ether oxygens (including phenoxy) is 2. The summed E-state index contributed by atoms with van der Waals surface area (Å²) >= 11 is 0. The third-order valence-electron chi connectivity index (χ3n) is 6.28. The summed E-state index contributed by atoms with van der Waals surface area (Å²) in [5.41, 5.74) is 4.35. The molecule has 0 unspecified atom stereocenters. The Labute approximate surface area is 193 Å². The van der Waals surface area contributed by atoms with E-state index in [-0.39, 0.29) is 11.2 Å². The van der Waals surface area contributed by atoms with Crippen molar-refractivity contribution < 1.29 is 18.7 Å². The van der Waals surface area contributed by atoms with Gasteiger partial charge in [-0.15, -0.1) is 0 Å². The Hall–Kier alpha value is -2.36. The largest absolute Gasteiger partial charge is 0.493 e. The van der Waals surface area contributed by atoms with Crippen molar-refractivity contribution in [3.63, 3.8) is 0 Å². The van der Waals surface area contributed by atoms with Crippen molar-refractivity contribution in [2.24, 2.45) is 5.41 Å². The Bertz CT molecular complexity index is 905. The molecule has 1 aliphatic carbocycles. The lowest BCUT2D eigenvalue weighted by Crippen LogP contribution is -2.22. The van der Waals surface area contributed by atoms with Crippen LogP contribution in [0.3, 0.4) is 0 Å². The zero-order valence-corrected chi connectivity index (χ0v) is 20.7. The molecule has 4 heteroatoms. The zero-order chi connectivity index (χ0) is 23.9. The van der Waals surface area contributed by atoms with Crippen molar-refractivity contribution in [2.45, 2.75) is 80.1 Å². The highest BCUT2D eigenvalue weighted by Gasteiger charge is 2.31. The first-order valence-corrected chi connectivity index (χ1v) is 11.8. The predicted octanol–water partition coefficient (Wildman–Crippen LogP) is 8.22. The van der Waals surface area contributed by atoms with Crippen molar-refractivity contribution in [1.82, 2.24) is 0 Å². The normalized spacial score (nSPS) is 16.5. The van der Waals surface area contributed by atoms with Crippen LogP contribution in [0, 0.1) is 5.41 Å². The van der Waals surface area contributed by atoms with Gasteiger partial charge in [0.25, 0.3) is 0 Å². The number of unbranched alkanes of at least 4 members (excludes halogenated alkanes) is 2. The Morgan fingerprint density at radius 2 is 1.94 bits per heavy atom. The number of rotatable bonds is 10. The minimum atomic E-state index is -0.413. The maximum Gasteiger partial charge on any atom is 0.338 e. The molecule has 0 radical (unpaired) electrons. The molecule has 0 atom stereocenters. The van der Waals surface area contributed by atoms with Crippen LogP contribution >= 0.6 is 0 Å². The van der Waals surface area contributed by atoms with Crippen LogP contribution in [0.25, 0.3) is 5.83 Å². The summed E-state index contributed by atoms with van der Waals surface area (Å²) < 4.78 is 26.8. The number of halogens is 1. The van der Waals surface area contributed by atoms with Crippen LogP contribution in [0.15, 0.2) is 47.1 Å². The van der Waals surface area contributed by atoms with Crippen molar-refractivity contribution >= 4 is 11.8 Å². The summed E-state index contributed by atoms with van der Waals surface area (Å²) in [5.74, 6) is -0.444. The van der Waals surface area contributed by atoms with Crippen LogP contribution in [-0.4, -0.2) is 19.2 Å². The first kappa shape index (κ1) is 25.9. The molecule has 2 rings (SSSR count).